The molecular formula is C24H46INO3Si. The number of hydrogen-bond acceptors (Lipinski definition) is 4. The predicted molar refractivity (Wildman–Crippen MR) is 138 cm³/mol. The van der Waals surface area contributed by atoms with Gasteiger partial charge in [-0.25, -0.2) is 0 Å². The van der Waals surface area contributed by atoms with Crippen LogP contribution in [0, 0.1) is 23.7 Å². The van der Waals surface area contributed by atoms with E-state index in [9.17, 15) is 4.79 Å². The largest absolute Gasteiger partial charge is 0.411 e. The van der Waals surface area contributed by atoms with E-state index in [4.69, 9.17) is 14.9 Å². The fraction of sp³-hybridized carbons (Fsp3) is 0.875. The standard InChI is InChI=1S/C24H46INO3Si/c1-16(10-11-25)17(2)12-20(27)13-19(4)23-21(14-18(3)22(15-26)28-23)29-30(8,9)24(5,6)7/h10-11,16-19,21-23H,12-15,26H2,1-9H3/b11-10+/t16-,17+,18-,19+,21+,22-,23+/m1/s1. The van der Waals surface area contributed by atoms with Gasteiger partial charge in [0.15, 0.2) is 8.32 Å². The summed E-state index contributed by atoms with van der Waals surface area (Å²) in [6.45, 7) is 20.6. The lowest BCUT2D eigenvalue weighted by molar-refractivity contribution is -0.155. The molecule has 30 heavy (non-hydrogen) atoms. The molecule has 4 nitrogen and oxygen atoms in total. The van der Waals surface area contributed by atoms with Gasteiger partial charge in [-0.1, -0.05) is 77.1 Å². The van der Waals surface area contributed by atoms with Crippen LogP contribution in [0.1, 0.15) is 67.7 Å². The average Bonchev–Trinajstić information content (AvgIpc) is 2.60. The number of carbonyl (C=O) groups excluding carboxylic acids is 1. The van der Waals surface area contributed by atoms with Gasteiger partial charge in [-0.3, -0.25) is 4.79 Å². The van der Waals surface area contributed by atoms with Gasteiger partial charge in [0.1, 0.15) is 5.78 Å². The molecule has 0 radical (unpaired) electrons. The minimum Gasteiger partial charge on any atom is -0.411 e. The summed E-state index contributed by atoms with van der Waals surface area (Å²) in [4.78, 5) is 12.8. The third-order valence-electron chi connectivity index (χ3n) is 7.36. The molecule has 0 aliphatic carbocycles. The molecule has 1 heterocycles. The topological polar surface area (TPSA) is 61.5 Å². The Morgan fingerprint density at radius 2 is 1.87 bits per heavy atom. The van der Waals surface area contributed by atoms with Crippen LogP contribution >= 0.6 is 22.6 Å². The van der Waals surface area contributed by atoms with Crippen LogP contribution in [0.25, 0.3) is 0 Å². The van der Waals surface area contributed by atoms with Crippen molar-refractivity contribution < 1.29 is 14.0 Å². The summed E-state index contributed by atoms with van der Waals surface area (Å²) in [6, 6.07) is 0. The highest BCUT2D eigenvalue weighted by atomic mass is 127. The molecule has 7 atom stereocenters. The maximum Gasteiger partial charge on any atom is 0.192 e. The lowest BCUT2D eigenvalue weighted by Gasteiger charge is -2.47. The number of ether oxygens (including phenoxy) is 1. The molecule has 2 N–H and O–H groups in total. The first-order valence-corrected chi connectivity index (χ1v) is 15.7. The molecule has 1 aliphatic rings. The van der Waals surface area contributed by atoms with Crippen molar-refractivity contribution in [3.05, 3.63) is 10.2 Å². The highest BCUT2D eigenvalue weighted by Gasteiger charge is 2.45. The quantitative estimate of drug-likeness (QED) is 0.254. The maximum atomic E-state index is 12.8. The van der Waals surface area contributed by atoms with Crippen LogP contribution in [0.4, 0.5) is 0 Å². The van der Waals surface area contributed by atoms with Crippen molar-refractivity contribution in [2.45, 2.75) is 104 Å². The fourth-order valence-electron chi connectivity index (χ4n) is 3.94. The van der Waals surface area contributed by atoms with Crippen molar-refractivity contribution in [1.82, 2.24) is 0 Å². The number of Topliss-reactive ketones (excluding diaryl/α,β-unsaturated/α-hetero) is 1. The van der Waals surface area contributed by atoms with E-state index in [0.717, 1.165) is 6.42 Å². The van der Waals surface area contributed by atoms with Gasteiger partial charge in [-0.2, -0.15) is 0 Å². The lowest BCUT2D eigenvalue weighted by Crippen LogP contribution is -2.55. The number of nitrogens with two attached hydrogens (primary N) is 1. The van der Waals surface area contributed by atoms with Gasteiger partial charge in [0, 0.05) is 19.4 Å². The summed E-state index contributed by atoms with van der Waals surface area (Å²) in [6.07, 6.45) is 4.27. The summed E-state index contributed by atoms with van der Waals surface area (Å²) >= 11 is 2.24. The van der Waals surface area contributed by atoms with Gasteiger partial charge in [0.05, 0.1) is 18.3 Å². The zero-order valence-electron chi connectivity index (χ0n) is 20.7. The van der Waals surface area contributed by atoms with E-state index < -0.39 is 8.32 Å². The first kappa shape index (κ1) is 28.3. The van der Waals surface area contributed by atoms with E-state index in [1.165, 1.54) is 0 Å². The monoisotopic (exact) mass is 551 g/mol. The molecule has 1 rings (SSSR count). The van der Waals surface area contributed by atoms with Crippen LogP contribution in [-0.4, -0.2) is 39.0 Å². The van der Waals surface area contributed by atoms with Crippen molar-refractivity contribution in [3.8, 4) is 0 Å². The minimum absolute atomic E-state index is 0.0322. The maximum absolute atomic E-state index is 12.8. The smallest absolute Gasteiger partial charge is 0.192 e. The van der Waals surface area contributed by atoms with Crippen molar-refractivity contribution in [2.24, 2.45) is 29.4 Å². The van der Waals surface area contributed by atoms with Gasteiger partial charge in [0.2, 0.25) is 0 Å². The molecule has 0 saturated carbocycles. The molecule has 0 amide bonds. The summed E-state index contributed by atoms with van der Waals surface area (Å²) in [5.74, 6) is 1.56. The van der Waals surface area contributed by atoms with Gasteiger partial charge < -0.3 is 14.9 Å². The molecule has 1 aliphatic heterocycles. The van der Waals surface area contributed by atoms with Crippen LogP contribution in [0.3, 0.4) is 0 Å². The fourth-order valence-corrected chi connectivity index (χ4v) is 5.94. The van der Waals surface area contributed by atoms with Crippen LogP contribution in [-0.2, 0) is 14.0 Å². The summed E-state index contributed by atoms with van der Waals surface area (Å²) < 4.78 is 15.3. The van der Waals surface area contributed by atoms with E-state index in [2.05, 4.69) is 90.2 Å². The van der Waals surface area contributed by atoms with Crippen molar-refractivity contribution >= 4 is 36.7 Å². The minimum atomic E-state index is -1.94. The van der Waals surface area contributed by atoms with Gasteiger partial charge in [0.25, 0.3) is 0 Å². The third-order valence-corrected chi connectivity index (χ3v) is 12.3. The highest BCUT2D eigenvalue weighted by molar-refractivity contribution is 14.1. The second kappa shape index (κ2) is 11.9. The van der Waals surface area contributed by atoms with E-state index in [-0.39, 0.29) is 29.3 Å². The first-order valence-electron chi connectivity index (χ1n) is 11.5. The van der Waals surface area contributed by atoms with Crippen molar-refractivity contribution in [3.63, 3.8) is 0 Å². The van der Waals surface area contributed by atoms with Crippen LogP contribution < -0.4 is 5.73 Å². The SMILES string of the molecule is C[C@H](/C=C/I)[C@@H](C)CC(=O)C[C@H](C)[C@@H]1O[C@H](CN)[C@H](C)C[C@@H]1O[Si](C)(C)C(C)(C)C. The van der Waals surface area contributed by atoms with Gasteiger partial charge in [-0.15, -0.1) is 0 Å². The molecule has 6 heteroatoms. The summed E-state index contributed by atoms with van der Waals surface area (Å²) in [5, 5.41) is 0.141. The Balaban J connectivity index is 2.91. The summed E-state index contributed by atoms with van der Waals surface area (Å²) in [7, 11) is -1.94. The Bertz CT molecular complexity index is 575. The van der Waals surface area contributed by atoms with Gasteiger partial charge in [-0.05, 0) is 52.3 Å². The first-order chi connectivity index (χ1) is 13.7. The molecule has 0 aromatic rings. The normalized spacial score (nSPS) is 29.0. The Hall–Kier alpha value is 0.237. The molecule has 0 aromatic heterocycles. The Labute approximate surface area is 200 Å². The number of hydrogen-bond donors (Lipinski definition) is 1. The summed E-state index contributed by atoms with van der Waals surface area (Å²) in [5.41, 5.74) is 6.00. The lowest BCUT2D eigenvalue weighted by atomic mass is 9.83. The van der Waals surface area contributed by atoms with E-state index in [1.54, 1.807) is 0 Å². The molecule has 0 spiro atoms. The predicted octanol–water partition coefficient (Wildman–Crippen LogP) is 6.34. The molecular weight excluding hydrogens is 505 g/mol. The Morgan fingerprint density at radius 1 is 1.27 bits per heavy atom. The number of halogens is 1. The van der Waals surface area contributed by atoms with Crippen molar-refractivity contribution in [2.75, 3.05) is 6.54 Å². The zero-order chi connectivity index (χ0) is 23.3. The number of allylic oxidation sites excluding steroid dienone is 1. The van der Waals surface area contributed by atoms with Crippen LogP contribution in [0.15, 0.2) is 10.2 Å². The van der Waals surface area contributed by atoms with Crippen molar-refractivity contribution in [1.29, 1.82) is 0 Å². The molecule has 0 unspecified atom stereocenters. The van der Waals surface area contributed by atoms with Crippen LogP contribution in [0.2, 0.25) is 18.1 Å². The molecule has 1 fully saturated rings. The second-order valence-corrected chi connectivity index (χ2v) is 16.6. The zero-order valence-corrected chi connectivity index (χ0v) is 23.9. The Morgan fingerprint density at radius 3 is 2.37 bits per heavy atom. The Kier molecular flexibility index (Phi) is 11.2. The van der Waals surface area contributed by atoms with E-state index >= 15 is 0 Å². The molecule has 176 valence electrons. The highest BCUT2D eigenvalue weighted by Crippen LogP contribution is 2.41. The molecule has 0 aromatic carbocycles. The number of carbonyl (C=O) groups is 1. The molecule has 1 saturated heterocycles. The van der Waals surface area contributed by atoms with Crippen LogP contribution in [0.5, 0.6) is 0 Å². The van der Waals surface area contributed by atoms with E-state index in [1.807, 2.05) is 4.08 Å². The number of ketones is 1. The van der Waals surface area contributed by atoms with Gasteiger partial charge >= 0.3 is 0 Å². The second-order valence-electron chi connectivity index (χ2n) is 11.1. The van der Waals surface area contributed by atoms with E-state index in [0.29, 0.717) is 42.9 Å². The third kappa shape index (κ3) is 7.98. The average molecular weight is 552 g/mol. The molecule has 0 bridgehead atoms. The number of rotatable bonds is 10.